The summed E-state index contributed by atoms with van der Waals surface area (Å²) in [6, 6.07) is 5.75. The number of nitrogens with zero attached hydrogens (tertiary/aromatic N) is 6. The maximum Gasteiger partial charge on any atom is 0.152 e. The molecule has 96 valence electrons. The number of hydrogen-bond acceptors (Lipinski definition) is 5. The van der Waals surface area contributed by atoms with Gasteiger partial charge in [0.1, 0.15) is 17.7 Å². The van der Waals surface area contributed by atoms with E-state index < -0.39 is 0 Å². The van der Waals surface area contributed by atoms with Gasteiger partial charge in [-0.1, -0.05) is 6.92 Å². The van der Waals surface area contributed by atoms with Crippen LogP contribution in [0, 0.1) is 11.3 Å². The zero-order valence-corrected chi connectivity index (χ0v) is 10.7. The highest BCUT2D eigenvalue weighted by molar-refractivity contribution is 5.42. The Morgan fingerprint density at radius 2 is 2.21 bits per heavy atom. The van der Waals surface area contributed by atoms with Crippen LogP contribution in [0.25, 0.3) is 0 Å². The predicted octanol–water partition coefficient (Wildman–Crippen LogP) is 1.13. The van der Waals surface area contributed by atoms with Gasteiger partial charge in [-0.2, -0.15) is 5.26 Å². The third-order valence-electron chi connectivity index (χ3n) is 3.35. The summed E-state index contributed by atoms with van der Waals surface area (Å²) in [5.41, 5.74) is 0.581. The summed E-state index contributed by atoms with van der Waals surface area (Å²) in [6.45, 7) is 4.57. The van der Waals surface area contributed by atoms with Crippen LogP contribution in [0.2, 0.25) is 0 Å². The minimum atomic E-state index is 0.581. The van der Waals surface area contributed by atoms with E-state index in [2.05, 4.69) is 37.6 Å². The highest BCUT2D eigenvalue weighted by Gasteiger charge is 2.21. The Balaban J connectivity index is 1.83. The smallest absolute Gasteiger partial charge is 0.152 e. The van der Waals surface area contributed by atoms with Gasteiger partial charge in [-0.15, -0.1) is 10.2 Å². The molecular formula is C13H14N6. The molecule has 0 saturated heterocycles. The molecule has 0 fully saturated rings. The summed E-state index contributed by atoms with van der Waals surface area (Å²) >= 11 is 0. The lowest BCUT2D eigenvalue weighted by atomic mass is 10.3. The lowest BCUT2D eigenvalue weighted by Gasteiger charge is -2.28. The molecule has 0 N–H and O–H groups in total. The Morgan fingerprint density at radius 3 is 2.89 bits per heavy atom. The molecule has 2 aromatic rings. The van der Waals surface area contributed by atoms with E-state index in [0.717, 1.165) is 37.0 Å². The summed E-state index contributed by atoms with van der Waals surface area (Å²) in [5.74, 6) is 2.91. The maximum atomic E-state index is 8.77. The summed E-state index contributed by atoms with van der Waals surface area (Å²) in [5, 5.41) is 17.2. The molecule has 0 atom stereocenters. The SMILES string of the molecule is CCc1nnc2n1CCN(c1ccc(C#N)cn1)C2. The molecule has 6 nitrogen and oxygen atoms in total. The second kappa shape index (κ2) is 4.69. The Labute approximate surface area is 111 Å². The first kappa shape index (κ1) is 11.7. The van der Waals surface area contributed by atoms with E-state index in [1.165, 1.54) is 0 Å². The third-order valence-corrected chi connectivity index (χ3v) is 3.35. The van der Waals surface area contributed by atoms with Crippen molar-refractivity contribution in [3.63, 3.8) is 0 Å². The second-order valence-corrected chi connectivity index (χ2v) is 4.48. The van der Waals surface area contributed by atoms with E-state index in [1.807, 2.05) is 6.07 Å². The lowest BCUT2D eigenvalue weighted by molar-refractivity contribution is 0.541. The first-order chi connectivity index (χ1) is 9.31. The largest absolute Gasteiger partial charge is 0.347 e. The highest BCUT2D eigenvalue weighted by Crippen LogP contribution is 2.19. The molecule has 3 heterocycles. The molecule has 6 heteroatoms. The molecule has 0 bridgehead atoms. The molecule has 0 aromatic carbocycles. The number of fused-ring (bicyclic) bond motifs is 1. The van der Waals surface area contributed by atoms with Gasteiger partial charge in [0.2, 0.25) is 0 Å². The van der Waals surface area contributed by atoms with Crippen LogP contribution in [-0.2, 0) is 19.5 Å². The molecule has 0 unspecified atom stereocenters. The normalized spacial score (nSPS) is 14.0. The van der Waals surface area contributed by atoms with Gasteiger partial charge in [0.15, 0.2) is 5.82 Å². The Hall–Kier alpha value is -2.42. The molecule has 0 spiro atoms. The van der Waals surface area contributed by atoms with Gasteiger partial charge >= 0.3 is 0 Å². The number of hydrogen-bond donors (Lipinski definition) is 0. The fraction of sp³-hybridized carbons (Fsp3) is 0.385. The fourth-order valence-electron chi connectivity index (χ4n) is 2.31. The topological polar surface area (TPSA) is 70.6 Å². The molecule has 3 rings (SSSR count). The Morgan fingerprint density at radius 1 is 1.32 bits per heavy atom. The number of pyridine rings is 1. The average molecular weight is 254 g/mol. The van der Waals surface area contributed by atoms with Crippen molar-refractivity contribution in [2.45, 2.75) is 26.4 Å². The van der Waals surface area contributed by atoms with E-state index in [9.17, 15) is 0 Å². The molecule has 0 aliphatic carbocycles. The summed E-state index contributed by atoms with van der Waals surface area (Å²) < 4.78 is 2.18. The van der Waals surface area contributed by atoms with Crippen LogP contribution in [0.15, 0.2) is 18.3 Å². The Kier molecular flexibility index (Phi) is 2.88. The summed E-state index contributed by atoms with van der Waals surface area (Å²) in [7, 11) is 0. The molecular weight excluding hydrogens is 240 g/mol. The minimum Gasteiger partial charge on any atom is -0.347 e. The number of rotatable bonds is 2. The summed E-state index contributed by atoms with van der Waals surface area (Å²) in [4.78, 5) is 6.48. The van der Waals surface area contributed by atoms with Gasteiger partial charge in [0.25, 0.3) is 0 Å². The summed E-state index contributed by atoms with van der Waals surface area (Å²) in [6.07, 6.45) is 2.51. The number of nitriles is 1. The van der Waals surface area contributed by atoms with Crippen LogP contribution in [0.4, 0.5) is 5.82 Å². The lowest BCUT2D eigenvalue weighted by Crippen LogP contribution is -2.34. The van der Waals surface area contributed by atoms with Gasteiger partial charge in [-0.25, -0.2) is 4.98 Å². The van der Waals surface area contributed by atoms with Crippen molar-refractivity contribution < 1.29 is 0 Å². The van der Waals surface area contributed by atoms with E-state index in [-0.39, 0.29) is 0 Å². The number of aryl methyl sites for hydroxylation is 1. The first-order valence-corrected chi connectivity index (χ1v) is 6.34. The van der Waals surface area contributed by atoms with E-state index >= 15 is 0 Å². The van der Waals surface area contributed by atoms with Gasteiger partial charge in [0.05, 0.1) is 12.1 Å². The van der Waals surface area contributed by atoms with Gasteiger partial charge in [-0.3, -0.25) is 0 Å². The molecule has 0 radical (unpaired) electrons. The molecule has 19 heavy (non-hydrogen) atoms. The van der Waals surface area contributed by atoms with Crippen molar-refractivity contribution in [1.29, 1.82) is 5.26 Å². The quantitative estimate of drug-likeness (QED) is 0.803. The van der Waals surface area contributed by atoms with Gasteiger partial charge in [0, 0.05) is 25.7 Å². The van der Waals surface area contributed by atoms with Crippen molar-refractivity contribution in [2.24, 2.45) is 0 Å². The van der Waals surface area contributed by atoms with Crippen molar-refractivity contribution in [1.82, 2.24) is 19.7 Å². The minimum absolute atomic E-state index is 0.581. The first-order valence-electron chi connectivity index (χ1n) is 6.34. The highest BCUT2D eigenvalue weighted by atomic mass is 15.3. The van der Waals surface area contributed by atoms with E-state index in [0.29, 0.717) is 12.1 Å². The average Bonchev–Trinajstić information content (AvgIpc) is 2.89. The molecule has 0 amide bonds. The molecule has 1 aliphatic heterocycles. The van der Waals surface area contributed by atoms with Crippen molar-refractivity contribution in [3.8, 4) is 6.07 Å². The number of aromatic nitrogens is 4. The van der Waals surface area contributed by atoms with Gasteiger partial charge in [-0.05, 0) is 12.1 Å². The van der Waals surface area contributed by atoms with Crippen molar-refractivity contribution in [2.75, 3.05) is 11.4 Å². The molecule has 2 aromatic heterocycles. The third kappa shape index (κ3) is 2.03. The van der Waals surface area contributed by atoms with Crippen LogP contribution >= 0.6 is 0 Å². The van der Waals surface area contributed by atoms with Crippen LogP contribution < -0.4 is 4.90 Å². The predicted molar refractivity (Wildman–Crippen MR) is 69.4 cm³/mol. The zero-order chi connectivity index (χ0) is 13.2. The number of anilines is 1. The standard InChI is InChI=1S/C13H14N6/c1-2-11-16-17-13-9-18(5-6-19(11)13)12-4-3-10(7-14)8-15-12/h3-4,8H,2,5-6,9H2,1H3. The second-order valence-electron chi connectivity index (χ2n) is 4.48. The zero-order valence-electron chi connectivity index (χ0n) is 10.7. The van der Waals surface area contributed by atoms with Crippen molar-refractivity contribution in [3.05, 3.63) is 35.5 Å². The monoisotopic (exact) mass is 254 g/mol. The molecule has 0 saturated carbocycles. The van der Waals surface area contributed by atoms with E-state index in [1.54, 1.807) is 12.3 Å². The van der Waals surface area contributed by atoms with Gasteiger partial charge < -0.3 is 9.47 Å². The molecule has 1 aliphatic rings. The van der Waals surface area contributed by atoms with Crippen molar-refractivity contribution >= 4 is 5.82 Å². The van der Waals surface area contributed by atoms with Crippen LogP contribution in [0.3, 0.4) is 0 Å². The fourth-order valence-corrected chi connectivity index (χ4v) is 2.31. The Bertz CT molecular complexity index is 622. The van der Waals surface area contributed by atoms with Crippen LogP contribution in [0.5, 0.6) is 0 Å². The van der Waals surface area contributed by atoms with Crippen LogP contribution in [-0.4, -0.2) is 26.3 Å². The van der Waals surface area contributed by atoms with Crippen LogP contribution in [0.1, 0.15) is 24.1 Å². The van der Waals surface area contributed by atoms with E-state index in [4.69, 9.17) is 5.26 Å². The maximum absolute atomic E-state index is 8.77.